The maximum absolute atomic E-state index is 14.4. The van der Waals surface area contributed by atoms with Gasteiger partial charge in [0.2, 0.25) is 5.60 Å². The Kier molecular flexibility index (Phi) is 5.79. The van der Waals surface area contributed by atoms with Crippen LogP contribution in [0, 0.1) is 5.82 Å². The first kappa shape index (κ1) is 22.8. The molecule has 0 saturated heterocycles. The maximum Gasteiger partial charge on any atom is 0.431 e. The Balaban J connectivity index is 0.00000300. The van der Waals surface area contributed by atoms with E-state index >= 15 is 0 Å². The van der Waals surface area contributed by atoms with Crippen molar-refractivity contribution in [2.75, 3.05) is 0 Å². The molecule has 1 saturated carbocycles. The molecule has 2 aromatic rings. The Hall–Kier alpha value is -2.53. The van der Waals surface area contributed by atoms with Crippen LogP contribution >= 0.6 is 11.6 Å². The second-order valence-electron chi connectivity index (χ2n) is 6.18. The molecule has 0 aliphatic heterocycles. The summed E-state index contributed by atoms with van der Waals surface area (Å²) < 4.78 is 58.8. The molecule has 29 heavy (non-hydrogen) atoms. The standard InChI is InChI=1S/C16H11ClF4N2O5.ClH/c1-22-11(16(19,20)21)6-12(24)23(14(22)27)9-5-10(7(17)4-8(9)18)28-15(2-3-15)13(25)26;/h4-6H,2-3H2,1H3,(H,25,26);1H/p-1. The van der Waals surface area contributed by atoms with Crippen LogP contribution in [0.1, 0.15) is 18.5 Å². The number of aliphatic carboxylic acids is 1. The molecule has 1 aromatic heterocycles. The highest BCUT2D eigenvalue weighted by Gasteiger charge is 2.53. The highest BCUT2D eigenvalue weighted by molar-refractivity contribution is 6.32. The zero-order valence-corrected chi connectivity index (χ0v) is 15.9. The van der Waals surface area contributed by atoms with Crippen molar-refractivity contribution in [3.8, 4) is 11.4 Å². The van der Waals surface area contributed by atoms with Crippen molar-refractivity contribution >= 4 is 17.6 Å². The smallest absolute Gasteiger partial charge is 0.431 e. The SMILES string of the molecule is Cn1c(C(F)(F)F)cc(=O)n(-c2cc(OC3(C(=O)O)CC3)c(Cl)cc2F)c1=O.[Cl-]. The van der Waals surface area contributed by atoms with Gasteiger partial charge in [0, 0.05) is 32.0 Å². The summed E-state index contributed by atoms with van der Waals surface area (Å²) >= 11 is 5.85. The van der Waals surface area contributed by atoms with Gasteiger partial charge < -0.3 is 22.3 Å². The molecule has 0 bridgehead atoms. The highest BCUT2D eigenvalue weighted by atomic mass is 35.5. The number of carbonyl (C=O) groups is 1. The average Bonchev–Trinajstić information content (AvgIpc) is 3.35. The number of aromatic nitrogens is 2. The molecule has 7 nitrogen and oxygen atoms in total. The van der Waals surface area contributed by atoms with Crippen LogP contribution < -0.4 is 28.4 Å². The molecule has 0 spiro atoms. The number of halogens is 6. The van der Waals surface area contributed by atoms with Gasteiger partial charge in [0.15, 0.2) is 0 Å². The van der Waals surface area contributed by atoms with Crippen molar-refractivity contribution < 1.29 is 44.6 Å². The fraction of sp³-hybridized carbons (Fsp3) is 0.312. The monoisotopic (exact) mass is 457 g/mol. The third-order valence-corrected chi connectivity index (χ3v) is 4.55. The van der Waals surface area contributed by atoms with Gasteiger partial charge in [0.25, 0.3) is 5.56 Å². The normalized spacial score (nSPS) is 14.8. The van der Waals surface area contributed by atoms with Gasteiger partial charge in [-0.1, -0.05) is 11.6 Å². The lowest BCUT2D eigenvalue weighted by Gasteiger charge is -2.17. The van der Waals surface area contributed by atoms with Crippen LogP contribution in [0.5, 0.6) is 5.75 Å². The van der Waals surface area contributed by atoms with Crippen LogP contribution in [0.3, 0.4) is 0 Å². The minimum Gasteiger partial charge on any atom is -1.00 e. The molecule has 0 radical (unpaired) electrons. The van der Waals surface area contributed by atoms with Crippen molar-refractivity contribution in [3.05, 3.63) is 55.6 Å². The van der Waals surface area contributed by atoms with Crippen molar-refractivity contribution in [1.29, 1.82) is 0 Å². The van der Waals surface area contributed by atoms with Gasteiger partial charge in [-0.05, 0) is 6.07 Å². The van der Waals surface area contributed by atoms with E-state index in [1.807, 2.05) is 0 Å². The number of nitrogens with zero attached hydrogens (tertiary/aromatic N) is 2. The van der Waals surface area contributed by atoms with Gasteiger partial charge >= 0.3 is 17.8 Å². The van der Waals surface area contributed by atoms with Crippen molar-refractivity contribution in [2.24, 2.45) is 7.05 Å². The van der Waals surface area contributed by atoms with Crippen LogP contribution in [0.2, 0.25) is 5.02 Å². The van der Waals surface area contributed by atoms with E-state index in [0.29, 0.717) is 6.07 Å². The molecule has 0 atom stereocenters. The quantitative estimate of drug-likeness (QED) is 0.616. The molecular weight excluding hydrogens is 447 g/mol. The fourth-order valence-electron chi connectivity index (χ4n) is 2.57. The van der Waals surface area contributed by atoms with Crippen molar-refractivity contribution in [1.82, 2.24) is 9.13 Å². The lowest BCUT2D eigenvalue weighted by molar-refractivity contribution is -0.147. The molecule has 1 aromatic carbocycles. The highest BCUT2D eigenvalue weighted by Crippen LogP contribution is 2.43. The molecule has 0 unspecified atom stereocenters. The predicted octanol–water partition coefficient (Wildman–Crippen LogP) is -0.653. The summed E-state index contributed by atoms with van der Waals surface area (Å²) in [6.45, 7) is 0. The average molecular weight is 458 g/mol. The number of alkyl halides is 3. The Labute approximate surface area is 170 Å². The Morgan fingerprint density at radius 1 is 1.24 bits per heavy atom. The lowest BCUT2D eigenvalue weighted by Crippen LogP contribution is -3.00. The van der Waals surface area contributed by atoms with Crippen molar-refractivity contribution in [3.63, 3.8) is 0 Å². The van der Waals surface area contributed by atoms with E-state index in [9.17, 15) is 37.1 Å². The van der Waals surface area contributed by atoms with Gasteiger partial charge in [-0.2, -0.15) is 13.2 Å². The Bertz CT molecular complexity index is 1110. The van der Waals surface area contributed by atoms with Crippen LogP contribution in [0.4, 0.5) is 17.6 Å². The fourth-order valence-corrected chi connectivity index (χ4v) is 2.76. The van der Waals surface area contributed by atoms with Crippen LogP contribution in [0.25, 0.3) is 5.69 Å². The second kappa shape index (κ2) is 7.38. The zero-order chi connectivity index (χ0) is 21.0. The summed E-state index contributed by atoms with van der Waals surface area (Å²) in [7, 11) is 0.774. The summed E-state index contributed by atoms with van der Waals surface area (Å²) in [4.78, 5) is 35.7. The van der Waals surface area contributed by atoms with E-state index in [1.165, 1.54) is 0 Å². The number of carboxylic acids is 1. The van der Waals surface area contributed by atoms with E-state index in [2.05, 4.69) is 0 Å². The largest absolute Gasteiger partial charge is 1.00 e. The summed E-state index contributed by atoms with van der Waals surface area (Å²) in [5.74, 6) is -2.79. The van der Waals surface area contributed by atoms with Crippen LogP contribution in [-0.4, -0.2) is 25.8 Å². The second-order valence-corrected chi connectivity index (χ2v) is 6.59. The molecule has 1 N–H and O–H groups in total. The van der Waals surface area contributed by atoms with Gasteiger partial charge in [0.05, 0.1) is 10.7 Å². The molecule has 0 amide bonds. The van der Waals surface area contributed by atoms with E-state index < -0.39 is 46.2 Å². The van der Waals surface area contributed by atoms with Crippen LogP contribution in [-0.2, 0) is 18.0 Å². The predicted molar refractivity (Wildman–Crippen MR) is 87.5 cm³/mol. The topological polar surface area (TPSA) is 90.5 Å². The van der Waals surface area contributed by atoms with Gasteiger partial charge in [-0.15, -0.1) is 0 Å². The van der Waals surface area contributed by atoms with Crippen LogP contribution in [0.15, 0.2) is 27.8 Å². The first-order valence-electron chi connectivity index (χ1n) is 7.69. The van der Waals surface area contributed by atoms with Gasteiger partial charge in [-0.3, -0.25) is 9.36 Å². The molecule has 158 valence electrons. The first-order chi connectivity index (χ1) is 12.9. The van der Waals surface area contributed by atoms with E-state index in [4.69, 9.17) is 16.3 Å². The lowest BCUT2D eigenvalue weighted by atomic mass is 10.2. The summed E-state index contributed by atoms with van der Waals surface area (Å²) in [5, 5.41) is 8.84. The van der Waals surface area contributed by atoms with Gasteiger partial charge in [-0.25, -0.2) is 18.5 Å². The number of hydrogen-bond donors (Lipinski definition) is 1. The van der Waals surface area contributed by atoms with E-state index in [-0.39, 0.29) is 51.2 Å². The molecule has 1 aliphatic rings. The van der Waals surface area contributed by atoms with Gasteiger partial charge in [0.1, 0.15) is 17.3 Å². The molecular formula is C16H11Cl2F4N2O5-. The number of rotatable bonds is 4. The maximum atomic E-state index is 14.4. The Morgan fingerprint density at radius 3 is 2.31 bits per heavy atom. The number of ether oxygens (including phenoxy) is 1. The molecule has 1 heterocycles. The number of carboxylic acid groups (broad SMARTS) is 1. The van der Waals surface area contributed by atoms with E-state index in [1.54, 1.807) is 0 Å². The number of hydrogen-bond acceptors (Lipinski definition) is 4. The summed E-state index contributed by atoms with van der Waals surface area (Å²) in [6, 6.07) is 1.63. The minimum atomic E-state index is -4.97. The summed E-state index contributed by atoms with van der Waals surface area (Å²) in [6.07, 6.45) is -4.65. The van der Waals surface area contributed by atoms with Crippen molar-refractivity contribution in [2.45, 2.75) is 24.6 Å². The Morgan fingerprint density at radius 2 is 1.83 bits per heavy atom. The third kappa shape index (κ3) is 3.97. The summed E-state index contributed by atoms with van der Waals surface area (Å²) in [5.41, 5.74) is -6.67. The minimum absolute atomic E-state index is 0. The number of benzene rings is 1. The zero-order valence-electron chi connectivity index (χ0n) is 14.4. The molecule has 1 aliphatic carbocycles. The molecule has 13 heteroatoms. The molecule has 3 rings (SSSR count). The third-order valence-electron chi connectivity index (χ3n) is 4.25. The van der Waals surface area contributed by atoms with E-state index in [0.717, 1.165) is 13.1 Å². The molecule has 1 fully saturated rings. The first-order valence-corrected chi connectivity index (χ1v) is 8.07.